The van der Waals surface area contributed by atoms with Crippen LogP contribution in [-0.4, -0.2) is 75.3 Å². The molecule has 0 amide bonds. The first kappa shape index (κ1) is 19.0. The van der Waals surface area contributed by atoms with Crippen LogP contribution in [0.15, 0.2) is 4.99 Å². The summed E-state index contributed by atoms with van der Waals surface area (Å²) in [5.41, 5.74) is 0.392. The predicted octanol–water partition coefficient (Wildman–Crippen LogP) is 1.63. The van der Waals surface area contributed by atoms with Gasteiger partial charge in [-0.1, -0.05) is 0 Å². The molecule has 1 spiro atoms. The van der Waals surface area contributed by atoms with Crippen molar-refractivity contribution in [3.8, 4) is 0 Å². The maximum Gasteiger partial charge on any atom is 0.193 e. The lowest BCUT2D eigenvalue weighted by Crippen LogP contribution is -2.42. The fourth-order valence-electron chi connectivity index (χ4n) is 2.89. The van der Waals surface area contributed by atoms with Gasteiger partial charge < -0.3 is 19.9 Å². The Morgan fingerprint density at radius 2 is 2.19 bits per heavy atom. The summed E-state index contributed by atoms with van der Waals surface area (Å²) in [6.07, 6.45) is 2.44. The van der Waals surface area contributed by atoms with E-state index in [9.17, 15) is 0 Å². The van der Waals surface area contributed by atoms with Crippen LogP contribution < -0.4 is 5.32 Å². The zero-order valence-corrected chi connectivity index (χ0v) is 16.2. The van der Waals surface area contributed by atoms with Gasteiger partial charge in [0.1, 0.15) is 0 Å². The lowest BCUT2D eigenvalue weighted by Gasteiger charge is -2.26. The first-order chi connectivity index (χ1) is 9.56. The van der Waals surface area contributed by atoms with Crippen LogP contribution in [0.25, 0.3) is 0 Å². The minimum absolute atomic E-state index is 0. The number of hydrogen-bond acceptors (Lipinski definition) is 3. The molecule has 2 aliphatic heterocycles. The quantitative estimate of drug-likeness (QED) is 0.435. The van der Waals surface area contributed by atoms with E-state index < -0.39 is 0 Å². The van der Waals surface area contributed by atoms with Gasteiger partial charge in [0.25, 0.3) is 0 Å². The third kappa shape index (κ3) is 4.96. The molecule has 2 aliphatic rings. The van der Waals surface area contributed by atoms with Crippen molar-refractivity contribution in [3.05, 3.63) is 0 Å². The molecule has 2 heterocycles. The molecule has 1 N–H and O–H groups in total. The van der Waals surface area contributed by atoms with E-state index in [1.807, 2.05) is 0 Å². The van der Waals surface area contributed by atoms with E-state index in [1.165, 1.54) is 12.8 Å². The zero-order valence-electron chi connectivity index (χ0n) is 13.9. The number of aliphatic imine (C=N–C) groups is 1. The fraction of sp³-hybridized carbons (Fsp3) is 0.933. The van der Waals surface area contributed by atoms with E-state index in [0.29, 0.717) is 11.5 Å². The molecule has 0 bridgehead atoms. The van der Waals surface area contributed by atoms with Crippen LogP contribution in [0.2, 0.25) is 0 Å². The number of ether oxygens (including phenoxy) is 1. The number of likely N-dealkylation sites (N-methyl/N-ethyl adjacent to an activating group) is 1. The summed E-state index contributed by atoms with van der Waals surface area (Å²) in [6.45, 7) is 10.2. The Labute approximate surface area is 146 Å². The second-order valence-corrected chi connectivity index (χ2v) is 6.48. The number of likely N-dealkylation sites (tertiary alicyclic amines) is 1. The predicted molar refractivity (Wildman–Crippen MR) is 98.6 cm³/mol. The molecule has 124 valence electrons. The summed E-state index contributed by atoms with van der Waals surface area (Å²) in [5, 5.41) is 3.44. The van der Waals surface area contributed by atoms with E-state index in [2.05, 4.69) is 43.1 Å². The first-order valence-electron chi connectivity index (χ1n) is 7.84. The zero-order chi connectivity index (χ0) is 14.6. The molecule has 5 nitrogen and oxygen atoms in total. The molecule has 2 atom stereocenters. The Balaban J connectivity index is 0.00000220. The number of nitrogens with one attached hydrogen (secondary N) is 1. The highest BCUT2D eigenvalue weighted by molar-refractivity contribution is 14.0. The molecule has 0 saturated carbocycles. The first-order valence-corrected chi connectivity index (χ1v) is 7.84. The van der Waals surface area contributed by atoms with Crippen molar-refractivity contribution in [1.29, 1.82) is 0 Å². The van der Waals surface area contributed by atoms with Gasteiger partial charge in [-0.25, -0.2) is 0 Å². The monoisotopic (exact) mass is 410 g/mol. The summed E-state index contributed by atoms with van der Waals surface area (Å²) in [4.78, 5) is 9.45. The van der Waals surface area contributed by atoms with Gasteiger partial charge in [-0.05, 0) is 40.8 Å². The number of guanidine groups is 1. The van der Waals surface area contributed by atoms with Crippen molar-refractivity contribution in [2.24, 2.45) is 10.4 Å². The van der Waals surface area contributed by atoms with E-state index in [-0.39, 0.29) is 24.0 Å². The van der Waals surface area contributed by atoms with Crippen molar-refractivity contribution in [1.82, 2.24) is 15.1 Å². The highest BCUT2D eigenvalue weighted by Crippen LogP contribution is 2.38. The van der Waals surface area contributed by atoms with Gasteiger partial charge in [0.05, 0.1) is 13.2 Å². The van der Waals surface area contributed by atoms with Crippen molar-refractivity contribution in [2.75, 3.05) is 53.5 Å². The standard InChI is InChI=1S/C15H30N4O.HI/c1-5-16-14(17-10-13(2)18(3)4)19-8-6-15(11-19)7-9-20-12-15;/h13H,5-12H2,1-4H3,(H,16,17);1H. The van der Waals surface area contributed by atoms with Gasteiger partial charge in [-0.3, -0.25) is 4.99 Å². The average molecular weight is 410 g/mol. The number of nitrogens with zero attached hydrogens (tertiary/aromatic N) is 3. The fourth-order valence-corrected chi connectivity index (χ4v) is 2.89. The van der Waals surface area contributed by atoms with Gasteiger partial charge in [0.2, 0.25) is 0 Å². The van der Waals surface area contributed by atoms with E-state index in [1.54, 1.807) is 0 Å². The van der Waals surface area contributed by atoms with E-state index in [4.69, 9.17) is 9.73 Å². The van der Waals surface area contributed by atoms with Crippen molar-refractivity contribution < 1.29 is 4.74 Å². The smallest absolute Gasteiger partial charge is 0.193 e. The largest absolute Gasteiger partial charge is 0.381 e. The SMILES string of the molecule is CCNC(=NCC(C)N(C)C)N1CCC2(CCOC2)C1.I. The summed E-state index contributed by atoms with van der Waals surface area (Å²) < 4.78 is 5.61. The van der Waals surface area contributed by atoms with Crippen molar-refractivity contribution in [3.63, 3.8) is 0 Å². The third-order valence-corrected chi connectivity index (χ3v) is 4.64. The number of halogens is 1. The summed E-state index contributed by atoms with van der Waals surface area (Å²) in [6, 6.07) is 0.468. The lowest BCUT2D eigenvalue weighted by molar-refractivity contribution is 0.156. The Hall–Kier alpha value is -0.0800. The minimum atomic E-state index is 0. The van der Waals surface area contributed by atoms with Crippen LogP contribution in [0.1, 0.15) is 26.7 Å². The minimum Gasteiger partial charge on any atom is -0.381 e. The van der Waals surface area contributed by atoms with Gasteiger partial charge in [-0.2, -0.15) is 0 Å². The number of rotatable bonds is 4. The van der Waals surface area contributed by atoms with Crippen LogP contribution >= 0.6 is 24.0 Å². The topological polar surface area (TPSA) is 40.1 Å². The molecule has 6 heteroatoms. The normalized spacial score (nSPS) is 27.3. The van der Waals surface area contributed by atoms with Crippen LogP contribution in [0.3, 0.4) is 0 Å². The Morgan fingerprint density at radius 1 is 1.43 bits per heavy atom. The molecule has 2 fully saturated rings. The Morgan fingerprint density at radius 3 is 2.76 bits per heavy atom. The van der Waals surface area contributed by atoms with Gasteiger partial charge >= 0.3 is 0 Å². The molecule has 2 rings (SSSR count). The van der Waals surface area contributed by atoms with Crippen LogP contribution in [-0.2, 0) is 4.74 Å². The summed E-state index contributed by atoms with van der Waals surface area (Å²) in [7, 11) is 4.21. The molecular formula is C15H31IN4O. The molecular weight excluding hydrogens is 379 g/mol. The van der Waals surface area contributed by atoms with Crippen LogP contribution in [0, 0.1) is 5.41 Å². The van der Waals surface area contributed by atoms with E-state index >= 15 is 0 Å². The second kappa shape index (κ2) is 8.53. The molecule has 2 saturated heterocycles. The Bertz CT molecular complexity index is 343. The summed E-state index contributed by atoms with van der Waals surface area (Å²) >= 11 is 0. The van der Waals surface area contributed by atoms with Crippen LogP contribution in [0.4, 0.5) is 0 Å². The molecule has 0 aromatic carbocycles. The summed E-state index contributed by atoms with van der Waals surface area (Å²) in [5.74, 6) is 1.07. The molecule has 2 unspecified atom stereocenters. The van der Waals surface area contributed by atoms with Gasteiger partial charge in [-0.15, -0.1) is 24.0 Å². The Kier molecular flexibility index (Phi) is 7.70. The molecule has 0 aliphatic carbocycles. The van der Waals surface area contributed by atoms with Crippen molar-refractivity contribution >= 4 is 29.9 Å². The van der Waals surface area contributed by atoms with Crippen LogP contribution in [0.5, 0.6) is 0 Å². The lowest BCUT2D eigenvalue weighted by atomic mass is 9.87. The number of hydrogen-bond donors (Lipinski definition) is 1. The maximum atomic E-state index is 5.61. The molecule has 0 aromatic heterocycles. The average Bonchev–Trinajstić information content (AvgIpc) is 3.05. The van der Waals surface area contributed by atoms with Crippen molar-refractivity contribution in [2.45, 2.75) is 32.7 Å². The van der Waals surface area contributed by atoms with Gasteiger partial charge in [0.15, 0.2) is 5.96 Å². The molecule has 0 radical (unpaired) electrons. The highest BCUT2D eigenvalue weighted by atomic mass is 127. The highest BCUT2D eigenvalue weighted by Gasteiger charge is 2.42. The third-order valence-electron chi connectivity index (χ3n) is 4.64. The van der Waals surface area contributed by atoms with Gasteiger partial charge in [0, 0.05) is 37.7 Å². The second-order valence-electron chi connectivity index (χ2n) is 6.48. The van der Waals surface area contributed by atoms with E-state index in [0.717, 1.165) is 45.4 Å². The molecule has 0 aromatic rings. The maximum absolute atomic E-state index is 5.61. The molecule has 21 heavy (non-hydrogen) atoms.